The Morgan fingerprint density at radius 3 is 2.62 bits per heavy atom. The second-order valence-electron chi connectivity index (χ2n) is 8.41. The van der Waals surface area contributed by atoms with Crippen molar-refractivity contribution in [3.05, 3.63) is 45.3 Å². The number of H-pyrrole nitrogens is 1. The van der Waals surface area contributed by atoms with Gasteiger partial charge in [0, 0.05) is 18.2 Å². The van der Waals surface area contributed by atoms with Gasteiger partial charge in [-0.3, -0.25) is 14.3 Å². The van der Waals surface area contributed by atoms with Crippen molar-refractivity contribution in [1.29, 1.82) is 0 Å². The Balaban J connectivity index is 2.35. The summed E-state index contributed by atoms with van der Waals surface area (Å²) in [5.74, 6) is 0. The summed E-state index contributed by atoms with van der Waals surface area (Å²) in [6.45, 7) is 16.0. The average molecular weight is 383 g/mol. The van der Waals surface area contributed by atoms with E-state index in [1.165, 1.54) is 16.8 Å². The van der Waals surface area contributed by atoms with E-state index in [9.17, 15) is 14.7 Å². The van der Waals surface area contributed by atoms with E-state index in [0.717, 1.165) is 0 Å². The van der Waals surface area contributed by atoms with Crippen molar-refractivity contribution in [2.45, 2.75) is 76.8 Å². The third kappa shape index (κ3) is 4.09. The van der Waals surface area contributed by atoms with Gasteiger partial charge < -0.3 is 14.3 Å². The summed E-state index contributed by atoms with van der Waals surface area (Å²) in [5.41, 5.74) is -0.533. The zero-order chi connectivity index (χ0) is 19.9. The molecular formula is C18H30N2O5Si. The third-order valence-electron chi connectivity index (χ3n) is 5.40. The zero-order valence-electron chi connectivity index (χ0n) is 16.4. The minimum atomic E-state index is -2.10. The van der Waals surface area contributed by atoms with E-state index in [2.05, 4.69) is 45.4 Å². The Hall–Kier alpha value is -1.48. The molecule has 2 rings (SSSR count). The number of hydrogen-bond donors (Lipinski definition) is 2. The third-order valence-corrected chi connectivity index (χ3v) is 9.91. The molecule has 0 aliphatic carbocycles. The number of rotatable bonds is 5. The van der Waals surface area contributed by atoms with Gasteiger partial charge in [0.25, 0.3) is 5.56 Å². The number of nitrogens with zero attached hydrogens (tertiary/aromatic N) is 1. The highest BCUT2D eigenvalue weighted by molar-refractivity contribution is 6.74. The molecule has 1 aliphatic rings. The molecule has 1 fully saturated rings. The molecule has 1 aromatic heterocycles. The number of hydrogen-bond acceptors (Lipinski definition) is 5. The van der Waals surface area contributed by atoms with Crippen molar-refractivity contribution in [3.8, 4) is 0 Å². The summed E-state index contributed by atoms with van der Waals surface area (Å²) in [7, 11) is -2.10. The lowest BCUT2D eigenvalue weighted by molar-refractivity contribution is -0.0661. The Morgan fingerprint density at radius 1 is 1.46 bits per heavy atom. The van der Waals surface area contributed by atoms with Gasteiger partial charge in [0.15, 0.2) is 8.32 Å². The number of aryl methyl sites for hydroxylation is 1. The van der Waals surface area contributed by atoms with Crippen LogP contribution in [0.25, 0.3) is 0 Å². The van der Waals surface area contributed by atoms with Gasteiger partial charge in [-0.25, -0.2) is 4.79 Å². The summed E-state index contributed by atoms with van der Waals surface area (Å²) in [5, 5.41) is 10.3. The summed E-state index contributed by atoms with van der Waals surface area (Å²) in [6.07, 6.45) is 0.793. The van der Waals surface area contributed by atoms with Gasteiger partial charge in [0.05, 0.1) is 6.10 Å². The second-order valence-corrected chi connectivity index (χ2v) is 13.2. The monoisotopic (exact) mass is 382 g/mol. The van der Waals surface area contributed by atoms with E-state index >= 15 is 0 Å². The van der Waals surface area contributed by atoms with E-state index in [-0.39, 0.29) is 11.1 Å². The van der Waals surface area contributed by atoms with Crippen LogP contribution >= 0.6 is 0 Å². The Bertz CT molecular complexity index is 777. The maximum atomic E-state index is 12.2. The summed E-state index contributed by atoms with van der Waals surface area (Å²) >= 11 is 0. The molecule has 1 aromatic rings. The number of aromatic amines is 1. The Kier molecular flexibility index (Phi) is 5.82. The molecule has 146 valence electrons. The van der Waals surface area contributed by atoms with Crippen LogP contribution in [-0.4, -0.2) is 41.3 Å². The molecule has 2 N–H and O–H groups in total. The summed E-state index contributed by atoms with van der Waals surface area (Å²) < 4.78 is 13.8. The number of aromatic nitrogens is 2. The molecule has 0 amide bonds. The Labute approximate surface area is 154 Å². The van der Waals surface area contributed by atoms with E-state index in [4.69, 9.17) is 9.16 Å². The zero-order valence-corrected chi connectivity index (χ0v) is 17.4. The maximum Gasteiger partial charge on any atom is 0.330 e. The molecule has 4 atom stereocenters. The lowest BCUT2D eigenvalue weighted by Gasteiger charge is -2.39. The van der Waals surface area contributed by atoms with Gasteiger partial charge in [0.1, 0.15) is 18.4 Å². The molecule has 1 aliphatic heterocycles. The Morgan fingerprint density at radius 2 is 2.08 bits per heavy atom. The van der Waals surface area contributed by atoms with Crippen molar-refractivity contribution in [1.82, 2.24) is 9.55 Å². The molecule has 8 heteroatoms. The molecule has 0 aromatic carbocycles. The van der Waals surface area contributed by atoms with E-state index in [1.54, 1.807) is 6.92 Å². The molecule has 1 saturated heterocycles. The quantitative estimate of drug-likeness (QED) is 0.601. The molecule has 0 spiro atoms. The highest BCUT2D eigenvalue weighted by atomic mass is 28.4. The van der Waals surface area contributed by atoms with Crippen LogP contribution in [0.4, 0.5) is 0 Å². The standard InChI is InChI=1S/C18H30N2O5Si/c1-8-12(21)15-13(25-26(6,7)18(3,4)5)9-14(24-15)20-10-11(2)16(22)19-17(20)23/h8,10,12-15,21H,1,9H2,2-7H3,(H,19,22,23)/t12?,13-,14+,15+/m0/s1. The molecule has 0 radical (unpaired) electrons. The maximum absolute atomic E-state index is 12.2. The normalized spacial score (nSPS) is 25.3. The number of aliphatic hydroxyl groups is 1. The van der Waals surface area contributed by atoms with Crippen molar-refractivity contribution in [3.63, 3.8) is 0 Å². The highest BCUT2D eigenvalue weighted by Crippen LogP contribution is 2.41. The lowest BCUT2D eigenvalue weighted by Crippen LogP contribution is -2.47. The fourth-order valence-electron chi connectivity index (χ4n) is 2.74. The molecule has 0 saturated carbocycles. The van der Waals surface area contributed by atoms with Crippen molar-refractivity contribution < 1.29 is 14.3 Å². The van der Waals surface area contributed by atoms with Crippen LogP contribution in [0.2, 0.25) is 18.1 Å². The summed E-state index contributed by atoms with van der Waals surface area (Å²) in [6, 6.07) is 0. The largest absolute Gasteiger partial charge is 0.411 e. The van der Waals surface area contributed by atoms with E-state index in [1.807, 2.05) is 0 Å². The van der Waals surface area contributed by atoms with Crippen molar-refractivity contribution in [2.75, 3.05) is 0 Å². The molecule has 26 heavy (non-hydrogen) atoms. The van der Waals surface area contributed by atoms with Gasteiger partial charge >= 0.3 is 5.69 Å². The van der Waals surface area contributed by atoms with Crippen molar-refractivity contribution >= 4 is 8.32 Å². The SMILES string of the molecule is C=CC(O)[C@H]1O[C@@H](n2cc(C)c(=O)[nH]c2=O)C[C@@H]1O[Si](C)(C)C(C)(C)C. The van der Waals surface area contributed by atoms with E-state index in [0.29, 0.717) is 12.0 Å². The first-order valence-electron chi connectivity index (χ1n) is 8.83. The van der Waals surface area contributed by atoms with E-state index < -0.39 is 38.0 Å². The number of aliphatic hydroxyl groups excluding tert-OH is 1. The lowest BCUT2D eigenvalue weighted by atomic mass is 10.1. The van der Waals surface area contributed by atoms with Crippen LogP contribution in [0, 0.1) is 6.92 Å². The molecule has 0 bridgehead atoms. The first-order valence-corrected chi connectivity index (χ1v) is 11.7. The fraction of sp³-hybridized carbons (Fsp3) is 0.667. The van der Waals surface area contributed by atoms with Crippen LogP contribution in [0.5, 0.6) is 0 Å². The molecule has 1 unspecified atom stereocenters. The fourth-order valence-corrected chi connectivity index (χ4v) is 4.08. The molecule has 7 nitrogen and oxygen atoms in total. The smallest absolute Gasteiger partial charge is 0.330 e. The van der Waals surface area contributed by atoms with Gasteiger partial charge in [-0.05, 0) is 25.1 Å². The van der Waals surface area contributed by atoms with Crippen LogP contribution in [0.1, 0.15) is 39.0 Å². The number of nitrogens with one attached hydrogen (secondary N) is 1. The topological polar surface area (TPSA) is 93.5 Å². The predicted octanol–water partition coefficient (Wildman–Crippen LogP) is 2.07. The average Bonchev–Trinajstić information content (AvgIpc) is 2.91. The minimum Gasteiger partial charge on any atom is -0.411 e. The molecule has 2 heterocycles. The second kappa shape index (κ2) is 7.26. The van der Waals surface area contributed by atoms with Crippen LogP contribution in [0.3, 0.4) is 0 Å². The molecular weight excluding hydrogens is 352 g/mol. The van der Waals surface area contributed by atoms with Crippen LogP contribution in [-0.2, 0) is 9.16 Å². The first kappa shape index (κ1) is 20.8. The van der Waals surface area contributed by atoms with Gasteiger partial charge in [-0.2, -0.15) is 0 Å². The van der Waals surface area contributed by atoms with Crippen LogP contribution in [0.15, 0.2) is 28.4 Å². The minimum absolute atomic E-state index is 0.000176. The van der Waals surface area contributed by atoms with Crippen LogP contribution < -0.4 is 11.2 Å². The highest BCUT2D eigenvalue weighted by Gasteiger charge is 2.46. The first-order chi connectivity index (χ1) is 11.9. The predicted molar refractivity (Wildman–Crippen MR) is 103 cm³/mol. The van der Waals surface area contributed by atoms with Crippen molar-refractivity contribution in [2.24, 2.45) is 0 Å². The number of ether oxygens (including phenoxy) is 1. The van der Waals surface area contributed by atoms with Gasteiger partial charge in [-0.15, -0.1) is 6.58 Å². The van der Waals surface area contributed by atoms with Gasteiger partial charge in [0.2, 0.25) is 0 Å². The van der Waals surface area contributed by atoms with Gasteiger partial charge in [-0.1, -0.05) is 26.8 Å². The summed E-state index contributed by atoms with van der Waals surface area (Å²) in [4.78, 5) is 26.1.